The van der Waals surface area contributed by atoms with E-state index in [9.17, 15) is 14.3 Å². The maximum Gasteiger partial charge on any atom is 0.338 e. The topological polar surface area (TPSA) is 93.7 Å². The number of aromatic nitrogens is 2. The van der Waals surface area contributed by atoms with E-state index in [1.807, 2.05) is 6.92 Å². The van der Waals surface area contributed by atoms with E-state index in [1.54, 1.807) is 54.6 Å². The summed E-state index contributed by atoms with van der Waals surface area (Å²) in [7, 11) is 0. The minimum absolute atomic E-state index is 0.0336. The van der Waals surface area contributed by atoms with Crippen molar-refractivity contribution in [2.45, 2.75) is 20.0 Å². The zero-order chi connectivity index (χ0) is 23.9. The van der Waals surface area contributed by atoms with Gasteiger partial charge in [0.15, 0.2) is 5.75 Å². The Kier molecular flexibility index (Phi) is 7.07. The highest BCUT2D eigenvalue weighted by atomic mass is 19.1. The van der Waals surface area contributed by atoms with Crippen LogP contribution >= 0.6 is 0 Å². The number of carbonyl (C=O) groups is 1. The maximum atomic E-state index is 13.8. The molecule has 4 aromatic rings. The van der Waals surface area contributed by atoms with Crippen molar-refractivity contribution in [3.63, 3.8) is 0 Å². The van der Waals surface area contributed by atoms with E-state index >= 15 is 0 Å². The third kappa shape index (κ3) is 5.35. The quantitative estimate of drug-likeness (QED) is 0.303. The summed E-state index contributed by atoms with van der Waals surface area (Å²) < 4.78 is 30.4. The first-order valence-electron chi connectivity index (χ1n) is 10.7. The summed E-state index contributed by atoms with van der Waals surface area (Å²) in [4.78, 5) is 11.9. The number of esters is 1. The molecule has 0 aliphatic rings. The molecule has 0 bridgehead atoms. The maximum absolute atomic E-state index is 13.8. The molecule has 7 nitrogen and oxygen atoms in total. The van der Waals surface area contributed by atoms with Crippen molar-refractivity contribution in [3.05, 3.63) is 89.9 Å². The second kappa shape index (κ2) is 10.5. The fourth-order valence-electron chi connectivity index (χ4n) is 3.20. The lowest BCUT2D eigenvalue weighted by Gasteiger charge is -2.11. The van der Waals surface area contributed by atoms with Crippen molar-refractivity contribution >= 4 is 5.97 Å². The molecule has 0 fully saturated rings. The number of rotatable bonds is 9. The molecule has 2 N–H and O–H groups in total. The molecule has 0 atom stereocenters. The number of phenols is 1. The lowest BCUT2D eigenvalue weighted by Crippen LogP contribution is -2.05. The first-order valence-corrected chi connectivity index (χ1v) is 10.7. The molecule has 0 amide bonds. The average molecular weight is 462 g/mol. The van der Waals surface area contributed by atoms with Crippen LogP contribution in [0.5, 0.6) is 23.0 Å². The first kappa shape index (κ1) is 22.8. The van der Waals surface area contributed by atoms with Gasteiger partial charge in [0, 0.05) is 17.2 Å². The zero-order valence-electron chi connectivity index (χ0n) is 18.5. The highest BCUT2D eigenvalue weighted by Crippen LogP contribution is 2.38. The van der Waals surface area contributed by atoms with Crippen LogP contribution < -0.4 is 9.47 Å². The summed E-state index contributed by atoms with van der Waals surface area (Å²) in [5.74, 6) is 0.454. The van der Waals surface area contributed by atoms with Crippen molar-refractivity contribution in [3.8, 4) is 34.3 Å². The van der Waals surface area contributed by atoms with Crippen LogP contribution in [0.15, 0.2) is 72.9 Å². The van der Waals surface area contributed by atoms with Crippen LogP contribution in [-0.4, -0.2) is 27.9 Å². The summed E-state index contributed by atoms with van der Waals surface area (Å²) in [5.41, 5.74) is 1.76. The molecule has 4 rings (SSSR count). The van der Waals surface area contributed by atoms with Crippen molar-refractivity contribution in [1.82, 2.24) is 10.2 Å². The van der Waals surface area contributed by atoms with E-state index in [1.165, 1.54) is 18.3 Å². The number of halogens is 1. The van der Waals surface area contributed by atoms with Gasteiger partial charge < -0.3 is 19.3 Å². The molecule has 174 valence electrons. The van der Waals surface area contributed by atoms with Gasteiger partial charge in [-0.3, -0.25) is 5.10 Å². The van der Waals surface area contributed by atoms with Crippen molar-refractivity contribution in [2.24, 2.45) is 0 Å². The van der Waals surface area contributed by atoms with Crippen LogP contribution in [0.1, 0.15) is 29.3 Å². The molecular weight excluding hydrogens is 439 g/mol. The third-order valence-electron chi connectivity index (χ3n) is 4.95. The molecule has 1 heterocycles. The Morgan fingerprint density at radius 3 is 2.56 bits per heavy atom. The molecule has 0 saturated carbocycles. The Morgan fingerprint density at radius 1 is 1.06 bits per heavy atom. The van der Waals surface area contributed by atoms with Crippen LogP contribution in [0.2, 0.25) is 0 Å². The van der Waals surface area contributed by atoms with Gasteiger partial charge in [-0.2, -0.15) is 5.10 Å². The lowest BCUT2D eigenvalue weighted by molar-refractivity contribution is 0.0505. The summed E-state index contributed by atoms with van der Waals surface area (Å²) >= 11 is 0. The molecule has 8 heteroatoms. The molecule has 0 radical (unpaired) electrons. The van der Waals surface area contributed by atoms with Gasteiger partial charge in [0.2, 0.25) is 0 Å². The Morgan fingerprint density at radius 2 is 1.82 bits per heavy atom. The first-order chi connectivity index (χ1) is 16.5. The molecule has 3 aromatic carbocycles. The third-order valence-corrected chi connectivity index (χ3v) is 4.95. The van der Waals surface area contributed by atoms with Gasteiger partial charge in [0.25, 0.3) is 0 Å². The second-order valence-corrected chi connectivity index (χ2v) is 7.43. The summed E-state index contributed by atoms with van der Waals surface area (Å²) in [6, 6.07) is 17.6. The molecule has 0 aliphatic heterocycles. The van der Waals surface area contributed by atoms with Crippen molar-refractivity contribution < 1.29 is 28.5 Å². The number of hydrogen-bond acceptors (Lipinski definition) is 6. The number of hydrogen-bond donors (Lipinski definition) is 2. The van der Waals surface area contributed by atoms with Gasteiger partial charge in [0.1, 0.15) is 35.4 Å². The predicted molar refractivity (Wildman–Crippen MR) is 124 cm³/mol. The number of nitrogens with zero attached hydrogens (tertiary/aromatic N) is 1. The van der Waals surface area contributed by atoms with E-state index in [-0.39, 0.29) is 24.1 Å². The van der Waals surface area contributed by atoms with E-state index in [0.717, 1.165) is 6.42 Å². The molecule has 34 heavy (non-hydrogen) atoms. The number of ether oxygens (including phenoxy) is 3. The van der Waals surface area contributed by atoms with Gasteiger partial charge in [-0.25, -0.2) is 9.18 Å². The molecule has 0 aliphatic carbocycles. The largest absolute Gasteiger partial charge is 0.507 e. The minimum atomic E-state index is -0.389. The molecule has 0 saturated heterocycles. The number of H-pyrrole nitrogens is 1. The monoisotopic (exact) mass is 462 g/mol. The standard InChI is InChI=1S/C26H23FN2O5/c1-2-13-32-26(31)17-7-9-19(10-8-17)34-24-15-28-29-25(24)21-12-11-20(14-23(21)30)33-16-18-5-3-4-6-22(18)27/h3-12,14-15,30H,2,13,16H2,1H3,(H,28,29). The summed E-state index contributed by atoms with van der Waals surface area (Å²) in [5, 5.41) is 17.4. The van der Waals surface area contributed by atoms with E-state index < -0.39 is 0 Å². The van der Waals surface area contributed by atoms with Crippen LogP contribution in [0.3, 0.4) is 0 Å². The zero-order valence-corrected chi connectivity index (χ0v) is 18.5. The fourth-order valence-corrected chi connectivity index (χ4v) is 3.20. The van der Waals surface area contributed by atoms with Crippen molar-refractivity contribution in [1.29, 1.82) is 0 Å². The van der Waals surface area contributed by atoms with Gasteiger partial charge in [-0.1, -0.05) is 25.1 Å². The number of nitrogens with one attached hydrogen (secondary N) is 1. The molecule has 0 spiro atoms. The van der Waals surface area contributed by atoms with Gasteiger partial charge in [-0.05, 0) is 48.9 Å². The number of benzene rings is 3. The second-order valence-electron chi connectivity index (χ2n) is 7.43. The molecule has 1 aromatic heterocycles. The van der Waals surface area contributed by atoms with E-state index in [0.29, 0.717) is 46.2 Å². The lowest BCUT2D eigenvalue weighted by atomic mass is 10.1. The molecule has 0 unspecified atom stereocenters. The normalized spacial score (nSPS) is 10.6. The predicted octanol–water partition coefficient (Wildman–Crippen LogP) is 5.86. The Balaban J connectivity index is 1.45. The average Bonchev–Trinajstić information content (AvgIpc) is 3.30. The number of phenolic OH excluding ortho intramolecular Hbond substituents is 1. The van der Waals surface area contributed by atoms with Crippen LogP contribution in [0.25, 0.3) is 11.3 Å². The number of aromatic amines is 1. The fraction of sp³-hybridized carbons (Fsp3) is 0.154. The van der Waals surface area contributed by atoms with Crippen LogP contribution in [0.4, 0.5) is 4.39 Å². The van der Waals surface area contributed by atoms with Gasteiger partial charge in [-0.15, -0.1) is 0 Å². The Bertz CT molecular complexity index is 1270. The van der Waals surface area contributed by atoms with Crippen LogP contribution in [0, 0.1) is 5.82 Å². The van der Waals surface area contributed by atoms with Crippen molar-refractivity contribution in [2.75, 3.05) is 6.61 Å². The van der Waals surface area contributed by atoms with Gasteiger partial charge in [0.05, 0.1) is 18.4 Å². The summed E-state index contributed by atoms with van der Waals surface area (Å²) in [6.07, 6.45) is 2.24. The SMILES string of the molecule is CCCOC(=O)c1ccc(Oc2cn[nH]c2-c2ccc(OCc3ccccc3F)cc2O)cc1. The minimum Gasteiger partial charge on any atom is -0.507 e. The smallest absolute Gasteiger partial charge is 0.338 e. The van der Waals surface area contributed by atoms with Crippen LogP contribution in [-0.2, 0) is 11.3 Å². The highest BCUT2D eigenvalue weighted by Gasteiger charge is 2.15. The van der Waals surface area contributed by atoms with E-state index in [2.05, 4.69) is 10.2 Å². The molecular formula is C26H23FN2O5. The number of aromatic hydroxyl groups is 1. The van der Waals surface area contributed by atoms with E-state index in [4.69, 9.17) is 14.2 Å². The number of carbonyl (C=O) groups excluding carboxylic acids is 1. The highest BCUT2D eigenvalue weighted by molar-refractivity contribution is 5.89. The van der Waals surface area contributed by atoms with Gasteiger partial charge >= 0.3 is 5.97 Å². The summed E-state index contributed by atoms with van der Waals surface area (Å²) in [6.45, 7) is 2.33. The Labute approximate surface area is 195 Å². The Hall–Kier alpha value is -4.33.